The largest absolute Gasteiger partial charge is 0.294 e. The van der Waals surface area contributed by atoms with Crippen LogP contribution in [0.3, 0.4) is 0 Å². The zero-order valence-corrected chi connectivity index (χ0v) is 10.6. The van der Waals surface area contributed by atoms with Crippen LogP contribution in [0.2, 0.25) is 0 Å². The number of carbonyl (C=O) groups excluding carboxylic acids is 1. The van der Waals surface area contributed by atoms with Crippen LogP contribution in [-0.4, -0.2) is 12.0 Å². The van der Waals surface area contributed by atoms with Gasteiger partial charge in [0, 0.05) is 16.9 Å². The molecule has 0 unspecified atom stereocenters. The fourth-order valence-corrected chi connectivity index (χ4v) is 1.77. The van der Waals surface area contributed by atoms with Gasteiger partial charge in [0.25, 0.3) is 0 Å². The van der Waals surface area contributed by atoms with E-state index in [9.17, 15) is 4.79 Å². The highest BCUT2D eigenvalue weighted by Crippen LogP contribution is 2.22. The zero-order chi connectivity index (χ0) is 11.5. The van der Waals surface area contributed by atoms with Crippen LogP contribution in [0.1, 0.15) is 37.6 Å². The summed E-state index contributed by atoms with van der Waals surface area (Å²) >= 11 is 1.69. The van der Waals surface area contributed by atoms with Crippen LogP contribution in [-0.2, 0) is 0 Å². The van der Waals surface area contributed by atoms with Crippen LogP contribution in [0.4, 0.5) is 0 Å². The van der Waals surface area contributed by atoms with Crippen molar-refractivity contribution in [2.24, 2.45) is 5.41 Å². The highest BCUT2D eigenvalue weighted by atomic mass is 32.2. The SMILES string of the molecule is CSc1ccc(C(=O)CC(C)(C)C)cc1. The van der Waals surface area contributed by atoms with Gasteiger partial charge >= 0.3 is 0 Å². The molecule has 0 atom stereocenters. The molecule has 2 heteroatoms. The Morgan fingerprint density at radius 1 is 1.20 bits per heavy atom. The van der Waals surface area contributed by atoms with Crippen molar-refractivity contribution < 1.29 is 4.79 Å². The monoisotopic (exact) mass is 222 g/mol. The van der Waals surface area contributed by atoms with Crippen LogP contribution in [0.25, 0.3) is 0 Å². The molecule has 15 heavy (non-hydrogen) atoms. The van der Waals surface area contributed by atoms with E-state index in [0.29, 0.717) is 6.42 Å². The van der Waals surface area contributed by atoms with E-state index in [1.807, 2.05) is 30.5 Å². The predicted molar refractivity (Wildman–Crippen MR) is 66.6 cm³/mol. The average Bonchev–Trinajstić information content (AvgIpc) is 2.15. The van der Waals surface area contributed by atoms with E-state index in [-0.39, 0.29) is 11.2 Å². The van der Waals surface area contributed by atoms with Gasteiger partial charge in [-0.2, -0.15) is 0 Å². The van der Waals surface area contributed by atoms with Gasteiger partial charge in [0.1, 0.15) is 0 Å². The molecule has 1 aromatic rings. The molecule has 82 valence electrons. The first-order chi connectivity index (χ1) is 6.92. The number of carbonyl (C=O) groups is 1. The Kier molecular flexibility index (Phi) is 3.97. The molecule has 0 aliphatic heterocycles. The van der Waals surface area contributed by atoms with Crippen LogP contribution in [0, 0.1) is 5.41 Å². The molecule has 0 heterocycles. The molecule has 1 nitrogen and oxygen atoms in total. The normalized spacial score (nSPS) is 11.5. The predicted octanol–water partition coefficient (Wildman–Crippen LogP) is 4.03. The minimum atomic E-state index is 0.0647. The maximum atomic E-state index is 11.9. The van der Waals surface area contributed by atoms with Gasteiger partial charge in [-0.25, -0.2) is 0 Å². The summed E-state index contributed by atoms with van der Waals surface area (Å²) in [6.45, 7) is 6.25. The lowest BCUT2D eigenvalue weighted by Crippen LogP contribution is -2.12. The summed E-state index contributed by atoms with van der Waals surface area (Å²) in [4.78, 5) is 13.0. The molecule has 1 rings (SSSR count). The Balaban J connectivity index is 2.75. The zero-order valence-electron chi connectivity index (χ0n) is 9.83. The second-order valence-electron chi connectivity index (χ2n) is 4.89. The molecule has 0 spiro atoms. The number of Topliss-reactive ketones (excluding diaryl/α,β-unsaturated/α-hetero) is 1. The Labute approximate surface area is 96.3 Å². The third-order valence-electron chi connectivity index (χ3n) is 2.10. The Morgan fingerprint density at radius 3 is 2.13 bits per heavy atom. The van der Waals surface area contributed by atoms with E-state index in [0.717, 1.165) is 5.56 Å². The molecule has 0 saturated heterocycles. The molecule has 0 N–H and O–H groups in total. The van der Waals surface area contributed by atoms with Gasteiger partial charge in [-0.05, 0) is 23.8 Å². The van der Waals surface area contributed by atoms with Crippen LogP contribution >= 0.6 is 11.8 Å². The molecular formula is C13H18OS. The minimum absolute atomic E-state index is 0.0647. The van der Waals surface area contributed by atoms with Crippen molar-refractivity contribution in [1.82, 2.24) is 0 Å². The topological polar surface area (TPSA) is 17.1 Å². The quantitative estimate of drug-likeness (QED) is 0.567. The number of ketones is 1. The standard InChI is InChI=1S/C13H18OS/c1-13(2,3)9-12(14)10-5-7-11(15-4)8-6-10/h5-8H,9H2,1-4H3. The molecule has 0 fully saturated rings. The van der Waals surface area contributed by atoms with Gasteiger partial charge < -0.3 is 0 Å². The summed E-state index contributed by atoms with van der Waals surface area (Å²) in [6, 6.07) is 7.83. The van der Waals surface area contributed by atoms with Crippen molar-refractivity contribution in [3.05, 3.63) is 29.8 Å². The van der Waals surface area contributed by atoms with Gasteiger partial charge in [0.05, 0.1) is 0 Å². The lowest BCUT2D eigenvalue weighted by Gasteiger charge is -2.16. The Bertz CT molecular complexity index is 333. The molecule has 0 aliphatic carbocycles. The maximum Gasteiger partial charge on any atom is 0.163 e. The highest BCUT2D eigenvalue weighted by molar-refractivity contribution is 7.98. The number of hydrogen-bond donors (Lipinski definition) is 0. The fraction of sp³-hybridized carbons (Fsp3) is 0.462. The van der Waals surface area contributed by atoms with Gasteiger partial charge in [-0.15, -0.1) is 11.8 Å². The molecule has 1 aromatic carbocycles. The van der Waals surface area contributed by atoms with Crippen LogP contribution in [0.15, 0.2) is 29.2 Å². The van der Waals surface area contributed by atoms with Crippen molar-refractivity contribution in [3.63, 3.8) is 0 Å². The summed E-state index contributed by atoms with van der Waals surface area (Å²) < 4.78 is 0. The maximum absolute atomic E-state index is 11.9. The highest BCUT2D eigenvalue weighted by Gasteiger charge is 2.16. The second kappa shape index (κ2) is 4.84. The van der Waals surface area contributed by atoms with E-state index in [1.54, 1.807) is 11.8 Å². The number of thioether (sulfide) groups is 1. The Hall–Kier alpha value is -0.760. The first-order valence-corrected chi connectivity index (χ1v) is 6.32. The van der Waals surface area contributed by atoms with Crippen molar-refractivity contribution in [3.8, 4) is 0 Å². The molecule has 0 amide bonds. The molecule has 0 bridgehead atoms. The first kappa shape index (κ1) is 12.3. The summed E-state index contributed by atoms with van der Waals surface area (Å²) in [7, 11) is 0. The summed E-state index contributed by atoms with van der Waals surface area (Å²) in [6.07, 6.45) is 2.64. The molecule has 0 saturated carbocycles. The van der Waals surface area contributed by atoms with Gasteiger partial charge in [-0.3, -0.25) is 4.79 Å². The molecular weight excluding hydrogens is 204 g/mol. The van der Waals surface area contributed by atoms with Crippen molar-refractivity contribution in [1.29, 1.82) is 0 Å². The minimum Gasteiger partial charge on any atom is -0.294 e. The smallest absolute Gasteiger partial charge is 0.163 e. The van der Waals surface area contributed by atoms with Crippen LogP contribution in [0.5, 0.6) is 0 Å². The van der Waals surface area contributed by atoms with Gasteiger partial charge in [0.15, 0.2) is 5.78 Å². The number of hydrogen-bond acceptors (Lipinski definition) is 2. The third kappa shape index (κ3) is 4.08. The third-order valence-corrected chi connectivity index (χ3v) is 2.85. The fourth-order valence-electron chi connectivity index (χ4n) is 1.36. The van der Waals surface area contributed by atoms with Crippen molar-refractivity contribution >= 4 is 17.5 Å². The van der Waals surface area contributed by atoms with Gasteiger partial charge in [-0.1, -0.05) is 32.9 Å². The van der Waals surface area contributed by atoms with Crippen molar-refractivity contribution in [2.45, 2.75) is 32.1 Å². The van der Waals surface area contributed by atoms with Crippen molar-refractivity contribution in [2.75, 3.05) is 6.26 Å². The van der Waals surface area contributed by atoms with E-state index < -0.39 is 0 Å². The van der Waals surface area contributed by atoms with E-state index in [4.69, 9.17) is 0 Å². The summed E-state index contributed by atoms with van der Waals surface area (Å²) in [5.74, 6) is 0.232. The van der Waals surface area contributed by atoms with E-state index in [1.165, 1.54) is 4.90 Å². The average molecular weight is 222 g/mol. The lowest BCUT2D eigenvalue weighted by atomic mass is 9.88. The summed E-state index contributed by atoms with van der Waals surface area (Å²) in [5.41, 5.74) is 0.887. The molecule has 0 aromatic heterocycles. The number of rotatable bonds is 3. The van der Waals surface area contributed by atoms with Crippen LogP contribution < -0.4 is 0 Å². The lowest BCUT2D eigenvalue weighted by molar-refractivity contribution is 0.0940. The summed E-state index contributed by atoms with van der Waals surface area (Å²) in [5, 5.41) is 0. The molecule has 0 radical (unpaired) electrons. The molecule has 0 aliphatic rings. The Morgan fingerprint density at radius 2 is 1.73 bits per heavy atom. The van der Waals surface area contributed by atoms with E-state index >= 15 is 0 Å². The van der Waals surface area contributed by atoms with Gasteiger partial charge in [0.2, 0.25) is 0 Å². The second-order valence-corrected chi connectivity index (χ2v) is 5.77. The first-order valence-electron chi connectivity index (χ1n) is 5.09. The number of benzene rings is 1. The van der Waals surface area contributed by atoms with E-state index in [2.05, 4.69) is 20.8 Å².